The van der Waals surface area contributed by atoms with Crippen molar-refractivity contribution in [1.82, 2.24) is 4.90 Å². The first-order valence-electron chi connectivity index (χ1n) is 7.69. The molecule has 21 heavy (non-hydrogen) atoms. The molecule has 3 unspecified atom stereocenters. The van der Waals surface area contributed by atoms with Gasteiger partial charge >= 0.3 is 0 Å². The Morgan fingerprint density at radius 1 is 1.43 bits per heavy atom. The molecule has 0 spiro atoms. The molecule has 0 saturated carbocycles. The molecular weight excluding hydrogens is 269 g/mol. The molecule has 0 radical (unpaired) electrons. The summed E-state index contributed by atoms with van der Waals surface area (Å²) in [6.07, 6.45) is 1.82. The van der Waals surface area contributed by atoms with E-state index in [1.807, 2.05) is 11.8 Å². The topological polar surface area (TPSA) is 40.5 Å². The Labute approximate surface area is 125 Å². The fourth-order valence-electron chi connectivity index (χ4n) is 3.01. The van der Waals surface area contributed by atoms with Gasteiger partial charge in [-0.15, -0.1) is 0 Å². The lowest BCUT2D eigenvalue weighted by atomic mass is 9.92. The Kier molecular flexibility index (Phi) is 5.34. The molecule has 1 aromatic carbocycles. The maximum atomic E-state index is 13.7. The van der Waals surface area contributed by atoms with Crippen molar-refractivity contribution < 1.29 is 14.3 Å². The van der Waals surface area contributed by atoms with E-state index in [2.05, 4.69) is 0 Å². The summed E-state index contributed by atoms with van der Waals surface area (Å²) in [5.41, 5.74) is 0.593. The van der Waals surface area contributed by atoms with Gasteiger partial charge < -0.3 is 10.0 Å². The van der Waals surface area contributed by atoms with E-state index in [0.29, 0.717) is 18.5 Å². The third-order valence-electron chi connectivity index (χ3n) is 4.41. The second-order valence-electron chi connectivity index (χ2n) is 6.11. The fourth-order valence-corrected chi connectivity index (χ4v) is 3.01. The first-order chi connectivity index (χ1) is 9.99. The molecule has 1 aliphatic rings. The SMILES string of the molecule is CC(CC(=O)N1CCCC(C(C)O)C1)c1ccccc1F. The Morgan fingerprint density at radius 2 is 2.14 bits per heavy atom. The number of carbonyl (C=O) groups is 1. The molecule has 1 N–H and O–H groups in total. The quantitative estimate of drug-likeness (QED) is 0.927. The Hall–Kier alpha value is -1.42. The van der Waals surface area contributed by atoms with Gasteiger partial charge in [-0.2, -0.15) is 0 Å². The third kappa shape index (κ3) is 4.03. The van der Waals surface area contributed by atoms with Crippen LogP contribution in [-0.2, 0) is 4.79 Å². The van der Waals surface area contributed by atoms with Crippen molar-refractivity contribution in [3.63, 3.8) is 0 Å². The summed E-state index contributed by atoms with van der Waals surface area (Å²) in [6, 6.07) is 6.62. The number of hydrogen-bond donors (Lipinski definition) is 1. The summed E-state index contributed by atoms with van der Waals surface area (Å²) in [6.45, 7) is 5.01. The van der Waals surface area contributed by atoms with Crippen LogP contribution >= 0.6 is 0 Å². The van der Waals surface area contributed by atoms with Crippen molar-refractivity contribution in [2.75, 3.05) is 13.1 Å². The summed E-state index contributed by atoms with van der Waals surface area (Å²) in [5.74, 6) is -0.175. The first-order valence-corrected chi connectivity index (χ1v) is 7.69. The van der Waals surface area contributed by atoms with E-state index < -0.39 is 0 Å². The van der Waals surface area contributed by atoms with Gasteiger partial charge in [-0.25, -0.2) is 4.39 Å². The van der Waals surface area contributed by atoms with Crippen LogP contribution in [0.4, 0.5) is 4.39 Å². The van der Waals surface area contributed by atoms with E-state index in [1.165, 1.54) is 6.07 Å². The van der Waals surface area contributed by atoms with Gasteiger partial charge in [0.1, 0.15) is 5.82 Å². The maximum Gasteiger partial charge on any atom is 0.223 e. The predicted octanol–water partition coefficient (Wildman–Crippen LogP) is 2.94. The van der Waals surface area contributed by atoms with E-state index in [1.54, 1.807) is 25.1 Å². The van der Waals surface area contributed by atoms with Gasteiger partial charge in [-0.05, 0) is 37.3 Å². The van der Waals surface area contributed by atoms with Crippen molar-refractivity contribution in [3.05, 3.63) is 35.6 Å². The standard InChI is InChI=1S/C17H24FNO2/c1-12(15-7-3-4-8-16(15)18)10-17(21)19-9-5-6-14(11-19)13(2)20/h3-4,7-8,12-14,20H,5-6,9-11H2,1-2H3. The van der Waals surface area contributed by atoms with E-state index >= 15 is 0 Å². The molecule has 1 saturated heterocycles. The highest BCUT2D eigenvalue weighted by atomic mass is 19.1. The fraction of sp³-hybridized carbons (Fsp3) is 0.588. The van der Waals surface area contributed by atoms with E-state index in [0.717, 1.165) is 19.4 Å². The molecule has 3 nitrogen and oxygen atoms in total. The van der Waals surface area contributed by atoms with E-state index in [-0.39, 0.29) is 29.7 Å². The molecule has 1 aliphatic heterocycles. The minimum atomic E-state index is -0.385. The summed E-state index contributed by atoms with van der Waals surface area (Å²) in [7, 11) is 0. The van der Waals surface area contributed by atoms with Gasteiger partial charge in [0.05, 0.1) is 6.10 Å². The molecule has 3 atom stereocenters. The Balaban J connectivity index is 1.96. The van der Waals surface area contributed by atoms with Crippen molar-refractivity contribution in [1.29, 1.82) is 0 Å². The molecule has 1 fully saturated rings. The lowest BCUT2D eigenvalue weighted by Crippen LogP contribution is -2.43. The van der Waals surface area contributed by atoms with Crippen LogP contribution in [0.15, 0.2) is 24.3 Å². The van der Waals surface area contributed by atoms with E-state index in [9.17, 15) is 14.3 Å². The monoisotopic (exact) mass is 293 g/mol. The average molecular weight is 293 g/mol. The van der Waals surface area contributed by atoms with Crippen LogP contribution in [0.2, 0.25) is 0 Å². The normalized spacial score (nSPS) is 21.9. The zero-order valence-corrected chi connectivity index (χ0v) is 12.8. The number of rotatable bonds is 4. The number of halogens is 1. The van der Waals surface area contributed by atoms with Gasteiger partial charge in [-0.3, -0.25) is 4.79 Å². The Bertz CT molecular complexity index is 489. The summed E-state index contributed by atoms with van der Waals surface area (Å²) in [5, 5.41) is 9.69. The minimum absolute atomic E-state index is 0.0519. The molecular formula is C17H24FNO2. The van der Waals surface area contributed by atoms with Crippen molar-refractivity contribution in [2.45, 2.75) is 45.1 Å². The second-order valence-corrected chi connectivity index (χ2v) is 6.11. The molecule has 0 aliphatic carbocycles. The van der Waals surface area contributed by atoms with Crippen LogP contribution in [-0.4, -0.2) is 35.1 Å². The highest BCUT2D eigenvalue weighted by molar-refractivity contribution is 5.77. The average Bonchev–Trinajstić information content (AvgIpc) is 2.47. The van der Waals surface area contributed by atoms with Crippen LogP contribution in [0.25, 0.3) is 0 Å². The molecule has 1 heterocycles. The van der Waals surface area contributed by atoms with Crippen molar-refractivity contribution in [2.24, 2.45) is 5.92 Å². The number of benzene rings is 1. The molecule has 1 aromatic rings. The molecule has 116 valence electrons. The van der Waals surface area contributed by atoms with Gasteiger partial charge in [0.2, 0.25) is 5.91 Å². The number of likely N-dealkylation sites (tertiary alicyclic amines) is 1. The third-order valence-corrected chi connectivity index (χ3v) is 4.41. The lowest BCUT2D eigenvalue weighted by molar-refractivity contribution is -0.134. The van der Waals surface area contributed by atoms with Gasteiger partial charge in [0.15, 0.2) is 0 Å². The summed E-state index contributed by atoms with van der Waals surface area (Å²) >= 11 is 0. The number of piperidine rings is 1. The summed E-state index contributed by atoms with van der Waals surface area (Å²) < 4.78 is 13.7. The smallest absolute Gasteiger partial charge is 0.223 e. The largest absolute Gasteiger partial charge is 0.393 e. The maximum absolute atomic E-state index is 13.7. The predicted molar refractivity (Wildman–Crippen MR) is 80.4 cm³/mol. The Morgan fingerprint density at radius 3 is 2.81 bits per heavy atom. The van der Waals surface area contributed by atoms with Crippen molar-refractivity contribution >= 4 is 5.91 Å². The van der Waals surface area contributed by atoms with Crippen LogP contribution in [0.1, 0.15) is 44.6 Å². The number of amides is 1. The van der Waals surface area contributed by atoms with Crippen LogP contribution < -0.4 is 0 Å². The molecule has 4 heteroatoms. The number of aliphatic hydroxyl groups excluding tert-OH is 1. The van der Waals surface area contributed by atoms with Gasteiger partial charge in [0, 0.05) is 25.4 Å². The number of aliphatic hydroxyl groups is 1. The van der Waals surface area contributed by atoms with E-state index in [4.69, 9.17) is 0 Å². The molecule has 2 rings (SSSR count). The summed E-state index contributed by atoms with van der Waals surface area (Å²) in [4.78, 5) is 14.2. The lowest BCUT2D eigenvalue weighted by Gasteiger charge is -2.34. The van der Waals surface area contributed by atoms with Crippen molar-refractivity contribution in [3.8, 4) is 0 Å². The first kappa shape index (κ1) is 16.0. The van der Waals surface area contributed by atoms with Gasteiger partial charge in [-0.1, -0.05) is 25.1 Å². The van der Waals surface area contributed by atoms with Crippen LogP contribution in [0, 0.1) is 11.7 Å². The number of nitrogens with zero attached hydrogens (tertiary/aromatic N) is 1. The second kappa shape index (κ2) is 7.03. The zero-order chi connectivity index (χ0) is 15.4. The van der Waals surface area contributed by atoms with Crippen LogP contribution in [0.5, 0.6) is 0 Å². The number of hydrogen-bond acceptors (Lipinski definition) is 2. The number of carbonyl (C=O) groups excluding carboxylic acids is 1. The zero-order valence-electron chi connectivity index (χ0n) is 12.8. The molecule has 0 aromatic heterocycles. The highest BCUT2D eigenvalue weighted by Crippen LogP contribution is 2.25. The molecule has 1 amide bonds. The van der Waals surface area contributed by atoms with Gasteiger partial charge in [0.25, 0.3) is 0 Å². The minimum Gasteiger partial charge on any atom is -0.393 e. The highest BCUT2D eigenvalue weighted by Gasteiger charge is 2.27. The van der Waals surface area contributed by atoms with Crippen LogP contribution in [0.3, 0.4) is 0 Å². The molecule has 0 bridgehead atoms.